The first kappa shape index (κ1) is 19.3. The Morgan fingerprint density at radius 2 is 1.86 bits per heavy atom. The van der Waals surface area contributed by atoms with E-state index in [9.17, 15) is 9.18 Å². The van der Waals surface area contributed by atoms with Crippen LogP contribution >= 0.6 is 11.3 Å². The second kappa shape index (κ2) is 8.57. The summed E-state index contributed by atoms with van der Waals surface area (Å²) in [4.78, 5) is 11.8. The number of aromatic nitrogens is 2. The lowest BCUT2D eigenvalue weighted by molar-refractivity contribution is 0.251. The zero-order valence-corrected chi connectivity index (χ0v) is 16.8. The van der Waals surface area contributed by atoms with Gasteiger partial charge in [-0.1, -0.05) is 35.6 Å². The van der Waals surface area contributed by atoms with Crippen molar-refractivity contribution >= 4 is 28.2 Å². The Hall–Kier alpha value is -3.00. The zero-order valence-electron chi connectivity index (χ0n) is 16.0. The zero-order chi connectivity index (χ0) is 20.2. The minimum absolute atomic E-state index is 0.0379. The molecule has 4 rings (SSSR count). The Balaban J connectivity index is 1.31. The van der Waals surface area contributed by atoms with Crippen LogP contribution in [0.5, 0.6) is 0 Å². The number of benzene rings is 2. The largest absolute Gasteiger partial charge is 0.354 e. The van der Waals surface area contributed by atoms with Crippen molar-refractivity contribution in [1.29, 1.82) is 0 Å². The van der Waals surface area contributed by atoms with E-state index in [-0.39, 0.29) is 17.9 Å². The first-order valence-electron chi connectivity index (χ1n) is 9.56. The summed E-state index contributed by atoms with van der Waals surface area (Å²) in [7, 11) is 0. The molecule has 6 nitrogen and oxygen atoms in total. The molecule has 29 heavy (non-hydrogen) atoms. The van der Waals surface area contributed by atoms with E-state index in [2.05, 4.69) is 26.1 Å². The van der Waals surface area contributed by atoms with E-state index in [0.29, 0.717) is 12.5 Å². The summed E-state index contributed by atoms with van der Waals surface area (Å²) in [6.07, 6.45) is 2.75. The molecule has 1 atom stereocenters. The molecular weight excluding hydrogens is 389 g/mol. The molecule has 1 fully saturated rings. The molecule has 1 saturated carbocycles. The molecule has 0 radical (unpaired) electrons. The third-order valence-corrected chi connectivity index (χ3v) is 5.51. The monoisotopic (exact) mass is 411 g/mol. The van der Waals surface area contributed by atoms with Gasteiger partial charge in [0.1, 0.15) is 10.8 Å². The van der Waals surface area contributed by atoms with E-state index < -0.39 is 0 Å². The standard InChI is InChI=1S/C21H22FN5OS/c1-13(15-4-8-17(9-5-15)24-20(28)25-18-10-11-18)23-21-27-26-19(29-21)12-14-2-6-16(22)7-3-14/h2-9,13,18H,10-12H2,1H3,(H,23,27)(H2,24,25,28). The van der Waals surface area contributed by atoms with Crippen LogP contribution in [-0.4, -0.2) is 22.3 Å². The highest BCUT2D eigenvalue weighted by Gasteiger charge is 2.23. The maximum absolute atomic E-state index is 13.0. The Morgan fingerprint density at radius 3 is 2.55 bits per heavy atom. The quantitative estimate of drug-likeness (QED) is 0.525. The summed E-state index contributed by atoms with van der Waals surface area (Å²) in [5.41, 5.74) is 2.83. The van der Waals surface area contributed by atoms with Crippen LogP contribution in [0.3, 0.4) is 0 Å². The van der Waals surface area contributed by atoms with Gasteiger partial charge in [0.2, 0.25) is 5.13 Å². The first-order chi connectivity index (χ1) is 14.0. The number of anilines is 2. The van der Waals surface area contributed by atoms with Crippen molar-refractivity contribution in [2.45, 2.75) is 38.3 Å². The highest BCUT2D eigenvalue weighted by molar-refractivity contribution is 7.15. The molecule has 2 aromatic carbocycles. The topological polar surface area (TPSA) is 78.9 Å². The number of nitrogens with zero attached hydrogens (tertiary/aromatic N) is 2. The average molecular weight is 412 g/mol. The fourth-order valence-electron chi connectivity index (χ4n) is 2.86. The fraction of sp³-hybridized carbons (Fsp3) is 0.286. The van der Waals surface area contributed by atoms with Gasteiger partial charge in [-0.3, -0.25) is 0 Å². The van der Waals surface area contributed by atoms with Gasteiger partial charge in [0.15, 0.2) is 0 Å². The molecule has 0 aliphatic heterocycles. The summed E-state index contributed by atoms with van der Waals surface area (Å²) in [5, 5.41) is 19.1. The van der Waals surface area contributed by atoms with Crippen LogP contribution in [0.15, 0.2) is 48.5 Å². The molecule has 3 aromatic rings. The number of amides is 2. The summed E-state index contributed by atoms with van der Waals surface area (Å²) < 4.78 is 13.0. The highest BCUT2D eigenvalue weighted by atomic mass is 32.1. The number of hydrogen-bond donors (Lipinski definition) is 3. The summed E-state index contributed by atoms with van der Waals surface area (Å²) >= 11 is 1.49. The molecule has 150 valence electrons. The van der Waals surface area contributed by atoms with Crippen LogP contribution in [0, 0.1) is 5.82 Å². The maximum atomic E-state index is 13.0. The number of carbonyl (C=O) groups is 1. The Morgan fingerprint density at radius 1 is 1.14 bits per heavy atom. The van der Waals surface area contributed by atoms with Crippen LogP contribution in [0.4, 0.5) is 20.0 Å². The van der Waals surface area contributed by atoms with E-state index in [0.717, 1.165) is 39.8 Å². The second-order valence-corrected chi connectivity index (χ2v) is 8.23. The molecule has 1 aliphatic rings. The predicted molar refractivity (Wildman–Crippen MR) is 113 cm³/mol. The van der Waals surface area contributed by atoms with Crippen LogP contribution in [0.25, 0.3) is 0 Å². The molecule has 2 amide bonds. The van der Waals surface area contributed by atoms with Gasteiger partial charge in [-0.15, -0.1) is 10.2 Å². The molecule has 0 saturated heterocycles. The lowest BCUT2D eigenvalue weighted by Crippen LogP contribution is -2.30. The highest BCUT2D eigenvalue weighted by Crippen LogP contribution is 2.25. The second-order valence-electron chi connectivity index (χ2n) is 7.16. The number of halogens is 1. The minimum atomic E-state index is -0.244. The number of hydrogen-bond acceptors (Lipinski definition) is 5. The Bertz CT molecular complexity index is 969. The average Bonchev–Trinajstić information content (AvgIpc) is 3.41. The van der Waals surface area contributed by atoms with E-state index in [1.54, 1.807) is 12.1 Å². The van der Waals surface area contributed by atoms with Crippen LogP contribution in [0.1, 0.15) is 41.9 Å². The molecule has 1 heterocycles. The van der Waals surface area contributed by atoms with Crippen molar-refractivity contribution in [3.8, 4) is 0 Å². The van der Waals surface area contributed by atoms with E-state index in [1.165, 1.54) is 23.5 Å². The Labute approximate surface area is 172 Å². The van der Waals surface area contributed by atoms with Crippen molar-refractivity contribution in [3.63, 3.8) is 0 Å². The van der Waals surface area contributed by atoms with Gasteiger partial charge in [-0.2, -0.15) is 0 Å². The summed E-state index contributed by atoms with van der Waals surface area (Å²) in [6.45, 7) is 2.04. The molecule has 1 unspecified atom stereocenters. The van der Waals surface area contributed by atoms with Gasteiger partial charge in [-0.25, -0.2) is 9.18 Å². The predicted octanol–water partition coefficient (Wildman–Crippen LogP) is 4.73. The van der Waals surface area contributed by atoms with Crippen molar-refractivity contribution in [2.75, 3.05) is 10.6 Å². The summed E-state index contributed by atoms with van der Waals surface area (Å²) in [6, 6.07) is 14.4. The van der Waals surface area contributed by atoms with Crippen molar-refractivity contribution < 1.29 is 9.18 Å². The van der Waals surface area contributed by atoms with E-state index in [1.807, 2.05) is 31.2 Å². The molecule has 1 aromatic heterocycles. The number of rotatable bonds is 7. The molecule has 0 bridgehead atoms. The van der Waals surface area contributed by atoms with E-state index >= 15 is 0 Å². The Kier molecular flexibility index (Phi) is 5.71. The number of carbonyl (C=O) groups excluding carboxylic acids is 1. The summed E-state index contributed by atoms with van der Waals surface area (Å²) in [5.74, 6) is -0.244. The van der Waals surface area contributed by atoms with Crippen molar-refractivity contribution in [2.24, 2.45) is 0 Å². The van der Waals surface area contributed by atoms with Gasteiger partial charge in [0, 0.05) is 18.2 Å². The van der Waals surface area contributed by atoms with Gasteiger partial charge >= 0.3 is 6.03 Å². The molecule has 3 N–H and O–H groups in total. The van der Waals surface area contributed by atoms with Crippen LogP contribution in [0.2, 0.25) is 0 Å². The van der Waals surface area contributed by atoms with Gasteiger partial charge in [0.05, 0.1) is 6.04 Å². The van der Waals surface area contributed by atoms with Crippen LogP contribution < -0.4 is 16.0 Å². The number of urea groups is 1. The van der Waals surface area contributed by atoms with Gasteiger partial charge in [-0.05, 0) is 55.2 Å². The third kappa shape index (κ3) is 5.51. The number of nitrogens with one attached hydrogen (secondary N) is 3. The van der Waals surface area contributed by atoms with Gasteiger partial charge < -0.3 is 16.0 Å². The normalized spacial score (nSPS) is 14.3. The lowest BCUT2D eigenvalue weighted by atomic mass is 10.1. The smallest absolute Gasteiger partial charge is 0.319 e. The van der Waals surface area contributed by atoms with Crippen LogP contribution in [-0.2, 0) is 6.42 Å². The minimum Gasteiger partial charge on any atom is -0.354 e. The van der Waals surface area contributed by atoms with E-state index in [4.69, 9.17) is 0 Å². The first-order valence-corrected chi connectivity index (χ1v) is 10.4. The third-order valence-electron chi connectivity index (χ3n) is 4.66. The van der Waals surface area contributed by atoms with Gasteiger partial charge in [0.25, 0.3) is 0 Å². The van der Waals surface area contributed by atoms with Crippen molar-refractivity contribution in [1.82, 2.24) is 15.5 Å². The lowest BCUT2D eigenvalue weighted by Gasteiger charge is -2.14. The molecular formula is C21H22FN5OS. The van der Waals surface area contributed by atoms with Crippen molar-refractivity contribution in [3.05, 3.63) is 70.5 Å². The molecule has 8 heteroatoms. The fourth-order valence-corrected chi connectivity index (χ4v) is 3.73. The maximum Gasteiger partial charge on any atom is 0.319 e. The molecule has 1 aliphatic carbocycles. The molecule has 0 spiro atoms. The SMILES string of the molecule is CC(Nc1nnc(Cc2ccc(F)cc2)s1)c1ccc(NC(=O)NC2CC2)cc1.